The molecule has 0 bridgehead atoms. The first kappa shape index (κ1) is 22.0. The van der Waals surface area contributed by atoms with Crippen LogP contribution in [0.4, 0.5) is 10.5 Å². The molecule has 0 spiro atoms. The van der Waals surface area contributed by atoms with Crippen LogP contribution in [-0.4, -0.2) is 55.6 Å². The van der Waals surface area contributed by atoms with Crippen molar-refractivity contribution in [1.82, 2.24) is 4.90 Å². The highest BCUT2D eigenvalue weighted by molar-refractivity contribution is 7.80. The van der Waals surface area contributed by atoms with E-state index >= 15 is 0 Å². The number of hydrogen-bond donors (Lipinski definition) is 1. The summed E-state index contributed by atoms with van der Waals surface area (Å²) in [5.41, 5.74) is -0.0493. The summed E-state index contributed by atoms with van der Waals surface area (Å²) in [4.78, 5) is 25.4. The van der Waals surface area contributed by atoms with Gasteiger partial charge in [0.15, 0.2) is 0 Å². The molecule has 3 rings (SSSR count). The number of carboxylic acid groups (broad SMARTS) is 1. The molecule has 0 aliphatic carbocycles. The third-order valence-corrected chi connectivity index (χ3v) is 5.79. The maximum atomic E-state index is 12.3. The molecule has 1 amide bonds. The van der Waals surface area contributed by atoms with Crippen LogP contribution in [0.5, 0.6) is 0 Å². The van der Waals surface area contributed by atoms with Crippen molar-refractivity contribution in [3.63, 3.8) is 0 Å². The van der Waals surface area contributed by atoms with Crippen LogP contribution in [0.3, 0.4) is 0 Å². The van der Waals surface area contributed by atoms with Gasteiger partial charge >= 0.3 is 12.1 Å². The first-order chi connectivity index (χ1) is 14.1. The van der Waals surface area contributed by atoms with Gasteiger partial charge in [0.05, 0.1) is 11.3 Å². The molecule has 9 heteroatoms. The fourth-order valence-corrected chi connectivity index (χ4v) is 4.44. The average Bonchev–Trinajstić information content (AvgIpc) is 2.67. The zero-order valence-corrected chi connectivity index (χ0v) is 18.0. The SMILES string of the molecule is CC(C)(C)OC(=O)N1CCC(N(c2ccc(C(=O)O)c3ccccc23)S(=O)[O-])CC1. The fourth-order valence-electron chi connectivity index (χ4n) is 3.67. The molecule has 1 atom stereocenters. The number of nitrogens with zero attached hydrogens (tertiary/aromatic N) is 2. The van der Waals surface area contributed by atoms with Crippen LogP contribution in [0.25, 0.3) is 10.8 Å². The van der Waals surface area contributed by atoms with E-state index in [1.165, 1.54) is 16.4 Å². The van der Waals surface area contributed by atoms with Gasteiger partial charge in [-0.25, -0.2) is 9.59 Å². The average molecular weight is 434 g/mol. The number of carbonyl (C=O) groups is 2. The van der Waals surface area contributed by atoms with Gasteiger partial charge in [-0.1, -0.05) is 24.3 Å². The monoisotopic (exact) mass is 433 g/mol. The molecule has 8 nitrogen and oxygen atoms in total. The van der Waals surface area contributed by atoms with Crippen molar-refractivity contribution in [1.29, 1.82) is 0 Å². The van der Waals surface area contributed by atoms with E-state index in [4.69, 9.17) is 4.74 Å². The molecule has 2 aromatic rings. The molecule has 1 saturated heterocycles. The summed E-state index contributed by atoms with van der Waals surface area (Å²) in [6.45, 7) is 6.14. The number of benzene rings is 2. The number of ether oxygens (including phenoxy) is 1. The Hall–Kier alpha value is -2.65. The number of carbonyl (C=O) groups excluding carboxylic acids is 1. The van der Waals surface area contributed by atoms with Crippen LogP contribution in [0, 0.1) is 0 Å². The smallest absolute Gasteiger partial charge is 0.410 e. The molecule has 1 aliphatic rings. The van der Waals surface area contributed by atoms with Gasteiger partial charge in [-0.15, -0.1) is 0 Å². The minimum Gasteiger partial charge on any atom is -0.755 e. The molecular formula is C21H25N2O6S-. The summed E-state index contributed by atoms with van der Waals surface area (Å²) in [6.07, 6.45) is 0.483. The number of amides is 1. The zero-order chi connectivity index (χ0) is 22.1. The second kappa shape index (κ2) is 8.61. The molecule has 1 fully saturated rings. The molecule has 30 heavy (non-hydrogen) atoms. The van der Waals surface area contributed by atoms with E-state index in [0.717, 1.165) is 0 Å². The van der Waals surface area contributed by atoms with Gasteiger partial charge in [-0.05, 0) is 51.1 Å². The van der Waals surface area contributed by atoms with E-state index in [2.05, 4.69) is 0 Å². The molecule has 0 saturated carbocycles. The number of likely N-dealkylation sites (tertiary alicyclic amines) is 1. The number of piperidine rings is 1. The fraction of sp³-hybridized carbons (Fsp3) is 0.429. The van der Waals surface area contributed by atoms with E-state index in [9.17, 15) is 23.5 Å². The first-order valence-electron chi connectivity index (χ1n) is 9.70. The predicted octanol–water partition coefficient (Wildman–Crippen LogP) is 3.54. The molecule has 0 radical (unpaired) electrons. The van der Waals surface area contributed by atoms with Crippen LogP contribution < -0.4 is 4.31 Å². The maximum Gasteiger partial charge on any atom is 0.410 e. The third kappa shape index (κ3) is 4.73. The topological polar surface area (TPSA) is 110 Å². The Morgan fingerprint density at radius 3 is 2.27 bits per heavy atom. The van der Waals surface area contributed by atoms with Gasteiger partial charge in [-0.2, -0.15) is 0 Å². The van der Waals surface area contributed by atoms with Crippen molar-refractivity contribution in [2.45, 2.75) is 45.3 Å². The summed E-state index contributed by atoms with van der Waals surface area (Å²) in [5.74, 6) is -1.07. The Kier molecular flexibility index (Phi) is 6.33. The number of aromatic carboxylic acids is 1. The van der Waals surface area contributed by atoms with E-state index < -0.39 is 28.9 Å². The normalized spacial score (nSPS) is 16.3. The summed E-state index contributed by atoms with van der Waals surface area (Å²) >= 11 is -2.56. The van der Waals surface area contributed by atoms with Crippen molar-refractivity contribution in [3.8, 4) is 0 Å². The van der Waals surface area contributed by atoms with Crippen molar-refractivity contribution in [2.75, 3.05) is 17.4 Å². The van der Waals surface area contributed by atoms with Gasteiger partial charge in [0.25, 0.3) is 0 Å². The Labute approximate surface area is 177 Å². The predicted molar refractivity (Wildman–Crippen MR) is 113 cm³/mol. The molecular weight excluding hydrogens is 408 g/mol. The maximum absolute atomic E-state index is 12.3. The second-order valence-electron chi connectivity index (χ2n) is 8.22. The highest BCUT2D eigenvalue weighted by Crippen LogP contribution is 2.34. The number of anilines is 1. The van der Waals surface area contributed by atoms with Crippen LogP contribution in [0.2, 0.25) is 0 Å². The number of hydrogen-bond acceptors (Lipinski definition) is 5. The van der Waals surface area contributed by atoms with Crippen molar-refractivity contribution >= 4 is 39.8 Å². The van der Waals surface area contributed by atoms with Crippen molar-refractivity contribution in [3.05, 3.63) is 42.0 Å². The van der Waals surface area contributed by atoms with Gasteiger partial charge in [0, 0.05) is 35.8 Å². The highest BCUT2D eigenvalue weighted by Gasteiger charge is 2.31. The number of rotatable bonds is 4. The Bertz CT molecular complexity index is 979. The summed E-state index contributed by atoms with van der Waals surface area (Å²) in [6, 6.07) is 9.45. The first-order valence-corrected chi connectivity index (χ1v) is 10.7. The van der Waals surface area contributed by atoms with Gasteiger partial charge in [0.2, 0.25) is 0 Å². The van der Waals surface area contributed by atoms with Crippen LogP contribution in [-0.2, 0) is 16.0 Å². The molecule has 162 valence electrons. The van der Waals surface area contributed by atoms with Crippen LogP contribution in [0.15, 0.2) is 36.4 Å². The molecule has 1 N–H and O–H groups in total. The van der Waals surface area contributed by atoms with Crippen molar-refractivity contribution < 1.29 is 28.2 Å². The zero-order valence-electron chi connectivity index (χ0n) is 17.2. The Morgan fingerprint density at radius 1 is 1.13 bits per heavy atom. The number of carboxylic acids is 1. The minimum atomic E-state index is -2.56. The van der Waals surface area contributed by atoms with E-state index in [1.54, 1.807) is 49.9 Å². The molecule has 1 heterocycles. The minimum absolute atomic E-state index is 0.116. The standard InChI is InChI=1S/C21H26N2O6S/c1-21(2,3)29-20(26)22-12-10-14(11-13-22)23(30(27)28)18-9-8-17(19(24)25)15-6-4-5-7-16(15)18/h4-9,14H,10-13H2,1-3H3,(H,24,25)(H,27,28)/p-1. The molecule has 0 aromatic heterocycles. The lowest BCUT2D eigenvalue weighted by Gasteiger charge is -2.40. The largest absolute Gasteiger partial charge is 0.755 e. The van der Waals surface area contributed by atoms with Crippen LogP contribution >= 0.6 is 0 Å². The quantitative estimate of drug-likeness (QED) is 0.739. The van der Waals surface area contributed by atoms with E-state index in [1.807, 2.05) is 0 Å². The van der Waals surface area contributed by atoms with Crippen molar-refractivity contribution in [2.24, 2.45) is 0 Å². The lowest BCUT2D eigenvalue weighted by atomic mass is 10.0. The van der Waals surface area contributed by atoms with E-state index in [0.29, 0.717) is 42.4 Å². The van der Waals surface area contributed by atoms with Crippen LogP contribution in [0.1, 0.15) is 44.0 Å². The van der Waals surface area contributed by atoms with Gasteiger partial charge < -0.3 is 19.3 Å². The molecule has 2 aromatic carbocycles. The number of fused-ring (bicyclic) bond motifs is 1. The Morgan fingerprint density at radius 2 is 1.73 bits per heavy atom. The van der Waals surface area contributed by atoms with E-state index in [-0.39, 0.29) is 11.6 Å². The highest BCUT2D eigenvalue weighted by atomic mass is 32.2. The Balaban J connectivity index is 1.87. The summed E-state index contributed by atoms with van der Waals surface area (Å²) < 4.78 is 31.0. The lowest BCUT2D eigenvalue weighted by Crippen LogP contribution is -2.48. The third-order valence-electron chi connectivity index (χ3n) is 4.98. The molecule has 1 unspecified atom stereocenters. The van der Waals surface area contributed by atoms with Gasteiger partial charge in [-0.3, -0.25) is 8.51 Å². The molecule has 1 aliphatic heterocycles. The summed E-state index contributed by atoms with van der Waals surface area (Å²) in [7, 11) is 0. The van der Waals surface area contributed by atoms with Gasteiger partial charge in [0.1, 0.15) is 5.60 Å². The lowest BCUT2D eigenvalue weighted by molar-refractivity contribution is 0.0207. The summed E-state index contributed by atoms with van der Waals surface area (Å²) in [5, 5.41) is 10.5. The second-order valence-corrected chi connectivity index (χ2v) is 9.05.